The monoisotopic (exact) mass is 411 g/mol. The van der Waals surface area contributed by atoms with E-state index in [1.165, 1.54) is 4.68 Å². The highest BCUT2D eigenvalue weighted by atomic mass is 16.1. The van der Waals surface area contributed by atoms with Crippen LogP contribution in [0.25, 0.3) is 16.9 Å². The van der Waals surface area contributed by atoms with E-state index in [9.17, 15) is 10.1 Å². The molecular formula is C23H21N7O. The van der Waals surface area contributed by atoms with E-state index in [-0.39, 0.29) is 22.5 Å². The van der Waals surface area contributed by atoms with Crippen molar-refractivity contribution in [1.82, 2.24) is 20.0 Å². The van der Waals surface area contributed by atoms with Crippen LogP contribution in [-0.2, 0) is 5.41 Å². The van der Waals surface area contributed by atoms with Crippen molar-refractivity contribution in [2.75, 3.05) is 0 Å². The van der Waals surface area contributed by atoms with Crippen molar-refractivity contribution in [2.45, 2.75) is 26.2 Å². The molecule has 0 bridgehead atoms. The van der Waals surface area contributed by atoms with E-state index in [4.69, 9.17) is 0 Å². The maximum atomic E-state index is 13.2. The Balaban J connectivity index is 1.86. The Kier molecular flexibility index (Phi) is 5.09. The summed E-state index contributed by atoms with van der Waals surface area (Å²) in [5.74, 6) is 0.151. The molecule has 0 aliphatic carbocycles. The van der Waals surface area contributed by atoms with Crippen LogP contribution in [0, 0.1) is 11.3 Å². The van der Waals surface area contributed by atoms with Gasteiger partial charge in [-0.05, 0) is 12.1 Å². The summed E-state index contributed by atoms with van der Waals surface area (Å²) in [7, 11) is 0. The fourth-order valence-electron chi connectivity index (χ4n) is 3.24. The highest BCUT2D eigenvalue weighted by Crippen LogP contribution is 2.31. The number of aromatic amines is 2. The van der Waals surface area contributed by atoms with Crippen molar-refractivity contribution >= 4 is 11.5 Å². The van der Waals surface area contributed by atoms with Crippen LogP contribution < -0.4 is 5.56 Å². The second-order valence-electron chi connectivity index (χ2n) is 8.04. The molecule has 0 unspecified atom stereocenters. The van der Waals surface area contributed by atoms with Gasteiger partial charge in [0.05, 0.1) is 17.1 Å². The summed E-state index contributed by atoms with van der Waals surface area (Å²) >= 11 is 0. The molecule has 0 amide bonds. The Morgan fingerprint density at radius 3 is 2.26 bits per heavy atom. The van der Waals surface area contributed by atoms with Crippen molar-refractivity contribution in [3.63, 3.8) is 0 Å². The molecule has 0 fully saturated rings. The third-order valence-electron chi connectivity index (χ3n) is 4.80. The molecule has 0 saturated carbocycles. The second kappa shape index (κ2) is 7.88. The van der Waals surface area contributed by atoms with Crippen molar-refractivity contribution < 1.29 is 0 Å². The van der Waals surface area contributed by atoms with Gasteiger partial charge in [0.25, 0.3) is 5.56 Å². The standard InChI is InChI=1S/C23H21N7O/c1-23(2,3)20-17(14-24)21(28-26-20)27-25-19-18(15-10-6-4-7-11-15)29-30(22(19)31)16-12-8-5-9-13-16/h4-13,29H,1-3H3,(H,26,28). The lowest BCUT2D eigenvalue weighted by Gasteiger charge is -2.15. The number of rotatable bonds is 4. The number of hydrogen-bond donors (Lipinski definition) is 2. The quantitative estimate of drug-likeness (QED) is 0.453. The summed E-state index contributed by atoms with van der Waals surface area (Å²) in [5, 5.41) is 28.1. The maximum Gasteiger partial charge on any atom is 0.299 e. The van der Waals surface area contributed by atoms with Gasteiger partial charge in [-0.3, -0.25) is 15.0 Å². The third-order valence-corrected chi connectivity index (χ3v) is 4.80. The Morgan fingerprint density at radius 1 is 1.00 bits per heavy atom. The summed E-state index contributed by atoms with van der Waals surface area (Å²) in [4.78, 5) is 13.2. The fraction of sp³-hybridized carbons (Fsp3) is 0.174. The van der Waals surface area contributed by atoms with Gasteiger partial charge in [0, 0.05) is 11.0 Å². The van der Waals surface area contributed by atoms with Gasteiger partial charge in [-0.2, -0.15) is 10.4 Å². The van der Waals surface area contributed by atoms with E-state index in [0.717, 1.165) is 5.56 Å². The molecule has 154 valence electrons. The summed E-state index contributed by atoms with van der Waals surface area (Å²) in [6.07, 6.45) is 0. The predicted octanol–water partition coefficient (Wildman–Crippen LogP) is 5.14. The Hall–Kier alpha value is -4.25. The van der Waals surface area contributed by atoms with E-state index in [0.29, 0.717) is 22.6 Å². The molecule has 31 heavy (non-hydrogen) atoms. The van der Waals surface area contributed by atoms with Crippen LogP contribution in [-0.4, -0.2) is 20.0 Å². The highest BCUT2D eigenvalue weighted by Gasteiger charge is 2.24. The van der Waals surface area contributed by atoms with Crippen LogP contribution in [0.3, 0.4) is 0 Å². The van der Waals surface area contributed by atoms with Crippen LogP contribution in [0.2, 0.25) is 0 Å². The summed E-state index contributed by atoms with van der Waals surface area (Å²) in [5.41, 5.74) is 2.47. The van der Waals surface area contributed by atoms with E-state index in [1.807, 2.05) is 81.4 Å². The van der Waals surface area contributed by atoms with Gasteiger partial charge in [-0.15, -0.1) is 10.2 Å². The molecule has 0 atom stereocenters. The van der Waals surface area contributed by atoms with Crippen molar-refractivity contribution in [3.8, 4) is 23.0 Å². The highest BCUT2D eigenvalue weighted by molar-refractivity contribution is 5.72. The zero-order valence-electron chi connectivity index (χ0n) is 17.4. The Bertz CT molecular complexity index is 1330. The second-order valence-corrected chi connectivity index (χ2v) is 8.04. The minimum Gasteiger partial charge on any atom is -0.288 e. The molecule has 2 aromatic carbocycles. The zero-order chi connectivity index (χ0) is 22.0. The summed E-state index contributed by atoms with van der Waals surface area (Å²) in [6.45, 7) is 5.92. The minimum absolute atomic E-state index is 0.138. The number of para-hydroxylation sites is 1. The molecule has 0 saturated heterocycles. The largest absolute Gasteiger partial charge is 0.299 e. The molecule has 8 heteroatoms. The van der Waals surface area contributed by atoms with Gasteiger partial charge >= 0.3 is 0 Å². The number of nitriles is 1. The first-order chi connectivity index (χ1) is 14.9. The minimum atomic E-state index is -0.348. The first kappa shape index (κ1) is 20.0. The number of hydrogen-bond acceptors (Lipinski definition) is 5. The number of benzene rings is 2. The molecule has 4 aromatic rings. The molecule has 0 aliphatic heterocycles. The normalized spacial score (nSPS) is 11.7. The number of H-pyrrole nitrogens is 2. The lowest BCUT2D eigenvalue weighted by Crippen LogP contribution is -2.13. The van der Waals surface area contributed by atoms with E-state index in [2.05, 4.69) is 31.6 Å². The van der Waals surface area contributed by atoms with E-state index in [1.54, 1.807) is 0 Å². The average Bonchev–Trinajstić information content (AvgIpc) is 3.34. The molecule has 2 N–H and O–H groups in total. The smallest absolute Gasteiger partial charge is 0.288 e. The molecule has 0 radical (unpaired) electrons. The van der Waals surface area contributed by atoms with Crippen molar-refractivity contribution in [2.24, 2.45) is 10.2 Å². The fourth-order valence-corrected chi connectivity index (χ4v) is 3.24. The Labute approximate surface area is 178 Å². The van der Waals surface area contributed by atoms with Crippen LogP contribution in [0.1, 0.15) is 32.0 Å². The van der Waals surface area contributed by atoms with Gasteiger partial charge in [0.2, 0.25) is 5.82 Å². The van der Waals surface area contributed by atoms with Crippen LogP contribution in [0.4, 0.5) is 11.5 Å². The molecule has 2 aromatic heterocycles. The summed E-state index contributed by atoms with van der Waals surface area (Å²) < 4.78 is 1.42. The van der Waals surface area contributed by atoms with Crippen LogP contribution >= 0.6 is 0 Å². The number of nitrogens with one attached hydrogen (secondary N) is 2. The average molecular weight is 411 g/mol. The molecule has 0 spiro atoms. The zero-order valence-corrected chi connectivity index (χ0v) is 17.4. The van der Waals surface area contributed by atoms with Crippen LogP contribution in [0.15, 0.2) is 75.7 Å². The topological polar surface area (TPSA) is 115 Å². The van der Waals surface area contributed by atoms with E-state index < -0.39 is 0 Å². The van der Waals surface area contributed by atoms with Gasteiger partial charge in [-0.1, -0.05) is 69.3 Å². The molecule has 8 nitrogen and oxygen atoms in total. The van der Waals surface area contributed by atoms with Gasteiger partial charge in [0.15, 0.2) is 5.69 Å². The van der Waals surface area contributed by atoms with Crippen molar-refractivity contribution in [3.05, 3.63) is 82.3 Å². The number of nitrogens with zero attached hydrogens (tertiary/aromatic N) is 5. The Morgan fingerprint density at radius 2 is 1.65 bits per heavy atom. The lowest BCUT2D eigenvalue weighted by molar-refractivity contribution is 0.565. The maximum absolute atomic E-state index is 13.2. The predicted molar refractivity (Wildman–Crippen MR) is 118 cm³/mol. The number of azo groups is 1. The van der Waals surface area contributed by atoms with Gasteiger partial charge in [0.1, 0.15) is 11.6 Å². The first-order valence-electron chi connectivity index (χ1n) is 9.76. The first-order valence-corrected chi connectivity index (χ1v) is 9.76. The molecule has 4 rings (SSSR count). The van der Waals surface area contributed by atoms with Gasteiger partial charge < -0.3 is 0 Å². The third kappa shape index (κ3) is 3.81. The molecule has 2 heterocycles. The van der Waals surface area contributed by atoms with Crippen molar-refractivity contribution in [1.29, 1.82) is 5.26 Å². The lowest BCUT2D eigenvalue weighted by atomic mass is 9.90. The van der Waals surface area contributed by atoms with Gasteiger partial charge in [-0.25, -0.2) is 4.68 Å². The number of aromatic nitrogens is 4. The molecule has 0 aliphatic rings. The summed E-state index contributed by atoms with van der Waals surface area (Å²) in [6, 6.07) is 20.8. The van der Waals surface area contributed by atoms with E-state index >= 15 is 0 Å². The molecular weight excluding hydrogens is 390 g/mol. The SMILES string of the molecule is CC(C)(C)c1[nH]nc(N=Nc2c(-c3ccccc3)[nH]n(-c3ccccc3)c2=O)c1C#N. The van der Waals surface area contributed by atoms with Crippen LogP contribution in [0.5, 0.6) is 0 Å².